The lowest BCUT2D eigenvalue weighted by molar-refractivity contribution is 0.112. The van der Waals surface area contributed by atoms with E-state index in [0.717, 1.165) is 18.0 Å². The molecule has 1 aliphatic rings. The Morgan fingerprint density at radius 1 is 1.22 bits per heavy atom. The number of nitrogens with two attached hydrogens (primary N) is 1. The summed E-state index contributed by atoms with van der Waals surface area (Å²) >= 11 is 0. The van der Waals surface area contributed by atoms with Gasteiger partial charge in [0.1, 0.15) is 11.5 Å². The van der Waals surface area contributed by atoms with Crippen LogP contribution in [0.25, 0.3) is 0 Å². The lowest BCUT2D eigenvalue weighted by Crippen LogP contribution is -2.46. The lowest BCUT2D eigenvalue weighted by Gasteiger charge is -2.41. The molecule has 2 atom stereocenters. The zero-order valence-electron chi connectivity index (χ0n) is 15.0. The van der Waals surface area contributed by atoms with Crippen LogP contribution in [0.2, 0.25) is 0 Å². The van der Waals surface area contributed by atoms with Crippen LogP contribution in [0.4, 0.5) is 0 Å². The topological polar surface area (TPSA) is 47.7 Å². The minimum absolute atomic E-state index is 0.301. The SMILES string of the molecule is COc1ccc(C(CN)C2CCCCN2CC(C)C)c(OC)c1. The van der Waals surface area contributed by atoms with Crippen LogP contribution in [0.5, 0.6) is 11.5 Å². The van der Waals surface area contributed by atoms with Gasteiger partial charge in [0.25, 0.3) is 0 Å². The van der Waals surface area contributed by atoms with Gasteiger partial charge >= 0.3 is 0 Å². The quantitative estimate of drug-likeness (QED) is 0.838. The van der Waals surface area contributed by atoms with E-state index in [-0.39, 0.29) is 0 Å². The van der Waals surface area contributed by atoms with E-state index in [9.17, 15) is 0 Å². The highest BCUT2D eigenvalue weighted by Crippen LogP contribution is 2.36. The van der Waals surface area contributed by atoms with Gasteiger partial charge in [0.15, 0.2) is 0 Å². The number of hydrogen-bond donors (Lipinski definition) is 1. The number of benzene rings is 1. The standard InChI is InChI=1S/C19H32N2O2/c1-14(2)13-21-10-6-5-7-18(21)17(12-20)16-9-8-15(22-3)11-19(16)23-4/h8-9,11,14,17-18H,5-7,10,12-13,20H2,1-4H3. The Morgan fingerprint density at radius 2 is 2.00 bits per heavy atom. The molecule has 2 unspecified atom stereocenters. The molecular weight excluding hydrogens is 288 g/mol. The Hall–Kier alpha value is -1.26. The fraction of sp³-hybridized carbons (Fsp3) is 0.684. The Bertz CT molecular complexity index is 490. The van der Waals surface area contributed by atoms with Gasteiger partial charge in [0.05, 0.1) is 14.2 Å². The van der Waals surface area contributed by atoms with Crippen LogP contribution in [-0.4, -0.2) is 44.8 Å². The van der Waals surface area contributed by atoms with Crippen molar-refractivity contribution in [1.29, 1.82) is 0 Å². The number of rotatable bonds is 7. The number of likely N-dealkylation sites (tertiary alicyclic amines) is 1. The summed E-state index contributed by atoms with van der Waals surface area (Å²) in [4.78, 5) is 2.63. The van der Waals surface area contributed by atoms with Gasteiger partial charge in [-0.1, -0.05) is 26.3 Å². The average Bonchev–Trinajstić information content (AvgIpc) is 2.56. The van der Waals surface area contributed by atoms with Crippen molar-refractivity contribution in [1.82, 2.24) is 4.90 Å². The highest BCUT2D eigenvalue weighted by molar-refractivity contribution is 5.43. The molecule has 130 valence electrons. The highest BCUT2D eigenvalue weighted by atomic mass is 16.5. The van der Waals surface area contributed by atoms with E-state index in [2.05, 4.69) is 24.8 Å². The maximum Gasteiger partial charge on any atom is 0.126 e. The van der Waals surface area contributed by atoms with Crippen LogP contribution in [0.15, 0.2) is 18.2 Å². The maximum absolute atomic E-state index is 6.21. The molecule has 1 aliphatic heterocycles. The van der Waals surface area contributed by atoms with Crippen LogP contribution in [0.3, 0.4) is 0 Å². The van der Waals surface area contributed by atoms with Gasteiger partial charge in [0, 0.05) is 36.7 Å². The van der Waals surface area contributed by atoms with Gasteiger partial charge < -0.3 is 15.2 Å². The maximum atomic E-state index is 6.21. The first-order valence-electron chi connectivity index (χ1n) is 8.76. The molecule has 1 fully saturated rings. The van der Waals surface area contributed by atoms with E-state index >= 15 is 0 Å². The van der Waals surface area contributed by atoms with E-state index in [4.69, 9.17) is 15.2 Å². The third kappa shape index (κ3) is 4.39. The number of hydrogen-bond acceptors (Lipinski definition) is 4. The highest BCUT2D eigenvalue weighted by Gasteiger charge is 2.32. The van der Waals surface area contributed by atoms with Crippen LogP contribution >= 0.6 is 0 Å². The zero-order valence-corrected chi connectivity index (χ0v) is 15.0. The van der Waals surface area contributed by atoms with Crippen molar-refractivity contribution in [2.75, 3.05) is 33.9 Å². The predicted octanol–water partition coefficient (Wildman–Crippen LogP) is 3.26. The molecule has 1 aromatic rings. The van der Waals surface area contributed by atoms with Crippen LogP contribution in [0, 0.1) is 5.92 Å². The summed E-state index contributed by atoms with van der Waals surface area (Å²) in [5.74, 6) is 2.68. The summed E-state index contributed by atoms with van der Waals surface area (Å²) < 4.78 is 10.9. The number of ether oxygens (including phenoxy) is 2. The summed E-state index contributed by atoms with van der Waals surface area (Å²) in [5, 5.41) is 0. The van der Waals surface area contributed by atoms with E-state index < -0.39 is 0 Å². The van der Waals surface area contributed by atoms with Crippen molar-refractivity contribution in [3.63, 3.8) is 0 Å². The molecule has 0 amide bonds. The fourth-order valence-electron chi connectivity index (χ4n) is 3.78. The van der Waals surface area contributed by atoms with Gasteiger partial charge in [-0.25, -0.2) is 0 Å². The molecule has 2 N–H and O–H groups in total. The van der Waals surface area contributed by atoms with Gasteiger partial charge in [-0.2, -0.15) is 0 Å². The van der Waals surface area contributed by atoms with Crippen LogP contribution in [0.1, 0.15) is 44.6 Å². The molecule has 23 heavy (non-hydrogen) atoms. The third-order valence-electron chi connectivity index (χ3n) is 4.82. The molecule has 1 heterocycles. The van der Waals surface area contributed by atoms with Crippen molar-refractivity contribution < 1.29 is 9.47 Å². The lowest BCUT2D eigenvalue weighted by atomic mass is 9.84. The van der Waals surface area contributed by atoms with Crippen molar-refractivity contribution in [2.24, 2.45) is 11.7 Å². The normalized spacial score (nSPS) is 20.5. The summed E-state index contributed by atoms with van der Waals surface area (Å²) in [7, 11) is 3.40. The monoisotopic (exact) mass is 320 g/mol. The largest absolute Gasteiger partial charge is 0.497 e. The van der Waals surface area contributed by atoms with E-state index in [1.165, 1.54) is 31.4 Å². The number of nitrogens with zero attached hydrogens (tertiary/aromatic N) is 1. The minimum Gasteiger partial charge on any atom is -0.497 e. The summed E-state index contributed by atoms with van der Waals surface area (Å²) in [6.07, 6.45) is 3.79. The van der Waals surface area contributed by atoms with E-state index in [0.29, 0.717) is 24.4 Å². The molecule has 0 aromatic heterocycles. The smallest absolute Gasteiger partial charge is 0.126 e. The van der Waals surface area contributed by atoms with Crippen LogP contribution in [-0.2, 0) is 0 Å². The number of piperidine rings is 1. The predicted molar refractivity (Wildman–Crippen MR) is 95.4 cm³/mol. The molecule has 0 aliphatic carbocycles. The molecule has 2 rings (SSSR count). The second kappa shape index (κ2) is 8.55. The fourth-order valence-corrected chi connectivity index (χ4v) is 3.78. The second-order valence-corrected chi connectivity index (χ2v) is 6.90. The Kier molecular flexibility index (Phi) is 6.72. The molecule has 1 aromatic carbocycles. The molecular formula is C19H32N2O2. The van der Waals surface area contributed by atoms with Crippen LogP contribution < -0.4 is 15.2 Å². The first kappa shape index (κ1) is 18.1. The molecule has 0 bridgehead atoms. The van der Waals surface area contributed by atoms with Gasteiger partial charge in [-0.3, -0.25) is 4.90 Å². The van der Waals surface area contributed by atoms with Crippen molar-refractivity contribution in [3.05, 3.63) is 23.8 Å². The minimum atomic E-state index is 0.301. The molecule has 1 saturated heterocycles. The first-order valence-corrected chi connectivity index (χ1v) is 8.76. The van der Waals surface area contributed by atoms with Gasteiger partial charge in [-0.15, -0.1) is 0 Å². The number of methoxy groups -OCH3 is 2. The Morgan fingerprint density at radius 3 is 2.61 bits per heavy atom. The Balaban J connectivity index is 2.29. The summed E-state index contributed by atoms with van der Waals surface area (Å²) in [6, 6.07) is 6.60. The summed E-state index contributed by atoms with van der Waals surface area (Å²) in [5.41, 5.74) is 7.41. The van der Waals surface area contributed by atoms with Gasteiger partial charge in [-0.05, 0) is 31.4 Å². The first-order chi connectivity index (χ1) is 11.1. The molecule has 0 saturated carbocycles. The van der Waals surface area contributed by atoms with Crippen molar-refractivity contribution in [2.45, 2.75) is 45.1 Å². The average molecular weight is 320 g/mol. The second-order valence-electron chi connectivity index (χ2n) is 6.90. The Labute approximate surface area is 140 Å². The molecule has 4 heteroatoms. The molecule has 0 radical (unpaired) electrons. The van der Waals surface area contributed by atoms with E-state index in [1.807, 2.05) is 12.1 Å². The third-order valence-corrected chi connectivity index (χ3v) is 4.82. The summed E-state index contributed by atoms with van der Waals surface area (Å²) in [6.45, 7) is 7.54. The molecule has 0 spiro atoms. The van der Waals surface area contributed by atoms with Crippen molar-refractivity contribution >= 4 is 0 Å². The van der Waals surface area contributed by atoms with Crippen molar-refractivity contribution in [3.8, 4) is 11.5 Å². The zero-order chi connectivity index (χ0) is 16.8. The van der Waals surface area contributed by atoms with E-state index in [1.54, 1.807) is 14.2 Å². The molecule has 4 nitrogen and oxygen atoms in total. The van der Waals surface area contributed by atoms with Gasteiger partial charge in [0.2, 0.25) is 0 Å².